The Morgan fingerprint density at radius 3 is 2.59 bits per heavy atom. The number of nitrogens with one attached hydrogen (secondary N) is 1. The summed E-state index contributed by atoms with van der Waals surface area (Å²) in [6.45, 7) is 4.73. The highest BCUT2D eigenvalue weighted by Crippen LogP contribution is 2.23. The topological polar surface area (TPSA) is 91.6 Å². The maximum Gasteiger partial charge on any atom is 0.287 e. The van der Waals surface area contributed by atoms with Crippen molar-refractivity contribution in [3.8, 4) is 0 Å². The Kier molecular flexibility index (Phi) is 5.78. The third-order valence-electron chi connectivity index (χ3n) is 5.82. The molecule has 29 heavy (non-hydrogen) atoms. The molecule has 0 spiro atoms. The van der Waals surface area contributed by atoms with Crippen molar-refractivity contribution >= 4 is 17.8 Å². The molecule has 0 aliphatic carbocycles. The van der Waals surface area contributed by atoms with E-state index in [1.165, 1.54) is 6.26 Å². The van der Waals surface area contributed by atoms with E-state index in [0.29, 0.717) is 31.3 Å². The molecule has 4 heterocycles. The summed E-state index contributed by atoms with van der Waals surface area (Å²) in [5, 5.41) is 3.03. The van der Waals surface area contributed by atoms with Crippen LogP contribution in [0.1, 0.15) is 41.8 Å². The number of hydrogen-bond acceptors (Lipinski definition) is 6. The smallest absolute Gasteiger partial charge is 0.287 e. The highest BCUT2D eigenvalue weighted by Gasteiger charge is 2.32. The second-order valence-electron chi connectivity index (χ2n) is 7.84. The van der Waals surface area contributed by atoms with E-state index in [-0.39, 0.29) is 23.8 Å². The standard InChI is InChI=1S/C21H27N5O3/c1-15-7-13-29-18(15)19(27)24-17-5-11-25(12-6-17)20(28)16-4-2-10-26(14-16)21-22-8-3-9-23-21/h3,7-9,13,16-17H,2,4-6,10-12,14H2,1H3,(H,24,27). The highest BCUT2D eigenvalue weighted by atomic mass is 16.3. The summed E-state index contributed by atoms with van der Waals surface area (Å²) < 4.78 is 5.26. The van der Waals surface area contributed by atoms with Crippen molar-refractivity contribution in [3.63, 3.8) is 0 Å². The van der Waals surface area contributed by atoms with E-state index in [9.17, 15) is 9.59 Å². The zero-order valence-corrected chi connectivity index (χ0v) is 16.7. The highest BCUT2D eigenvalue weighted by molar-refractivity contribution is 5.93. The molecular weight excluding hydrogens is 370 g/mol. The van der Waals surface area contributed by atoms with Gasteiger partial charge in [0.1, 0.15) is 0 Å². The lowest BCUT2D eigenvalue weighted by atomic mass is 9.95. The quantitative estimate of drug-likeness (QED) is 0.849. The number of piperidine rings is 2. The molecule has 2 saturated heterocycles. The minimum Gasteiger partial charge on any atom is -0.459 e. The second kappa shape index (κ2) is 8.63. The fraction of sp³-hybridized carbons (Fsp3) is 0.524. The molecule has 2 aliphatic heterocycles. The number of anilines is 1. The van der Waals surface area contributed by atoms with Gasteiger partial charge in [0.05, 0.1) is 12.2 Å². The fourth-order valence-electron chi connectivity index (χ4n) is 4.17. The van der Waals surface area contributed by atoms with E-state index in [2.05, 4.69) is 20.2 Å². The number of hydrogen-bond donors (Lipinski definition) is 1. The molecule has 0 saturated carbocycles. The predicted octanol–water partition coefficient (Wildman–Crippen LogP) is 2.02. The van der Waals surface area contributed by atoms with Gasteiger partial charge in [-0.15, -0.1) is 0 Å². The van der Waals surface area contributed by atoms with Gasteiger partial charge >= 0.3 is 0 Å². The van der Waals surface area contributed by atoms with Crippen molar-refractivity contribution < 1.29 is 14.0 Å². The van der Waals surface area contributed by atoms with Gasteiger partial charge in [-0.3, -0.25) is 9.59 Å². The van der Waals surface area contributed by atoms with Crippen LogP contribution in [0.2, 0.25) is 0 Å². The van der Waals surface area contributed by atoms with E-state index in [1.54, 1.807) is 24.5 Å². The number of rotatable bonds is 4. The molecule has 0 bridgehead atoms. The molecule has 8 heteroatoms. The first-order valence-corrected chi connectivity index (χ1v) is 10.3. The van der Waals surface area contributed by atoms with Gasteiger partial charge < -0.3 is 19.5 Å². The molecule has 4 rings (SSSR count). The van der Waals surface area contributed by atoms with Crippen LogP contribution >= 0.6 is 0 Å². The molecule has 1 unspecified atom stereocenters. The van der Waals surface area contributed by atoms with E-state index in [1.807, 2.05) is 11.8 Å². The third-order valence-corrected chi connectivity index (χ3v) is 5.82. The van der Waals surface area contributed by atoms with E-state index in [0.717, 1.165) is 37.8 Å². The minimum absolute atomic E-state index is 0.0236. The third kappa shape index (κ3) is 4.41. The van der Waals surface area contributed by atoms with Crippen LogP contribution in [0, 0.1) is 12.8 Å². The maximum absolute atomic E-state index is 13.0. The predicted molar refractivity (Wildman–Crippen MR) is 107 cm³/mol. The van der Waals surface area contributed by atoms with Gasteiger partial charge in [-0.1, -0.05) is 0 Å². The van der Waals surface area contributed by atoms with Crippen molar-refractivity contribution in [1.82, 2.24) is 20.2 Å². The largest absolute Gasteiger partial charge is 0.459 e. The zero-order chi connectivity index (χ0) is 20.2. The number of nitrogens with zero attached hydrogens (tertiary/aromatic N) is 4. The molecule has 154 valence electrons. The Labute approximate surface area is 170 Å². The molecule has 2 amide bonds. The van der Waals surface area contributed by atoms with E-state index in [4.69, 9.17) is 4.42 Å². The molecule has 8 nitrogen and oxygen atoms in total. The van der Waals surface area contributed by atoms with Crippen LogP contribution in [-0.4, -0.2) is 58.9 Å². The summed E-state index contributed by atoms with van der Waals surface area (Å²) in [5.74, 6) is 1.07. The van der Waals surface area contributed by atoms with Gasteiger partial charge in [-0.25, -0.2) is 9.97 Å². The monoisotopic (exact) mass is 397 g/mol. The van der Waals surface area contributed by atoms with Crippen molar-refractivity contribution in [2.75, 3.05) is 31.1 Å². The maximum atomic E-state index is 13.0. The number of aromatic nitrogens is 2. The first-order chi connectivity index (χ1) is 14.1. The summed E-state index contributed by atoms with van der Waals surface area (Å²) in [6.07, 6.45) is 8.37. The van der Waals surface area contributed by atoms with Gasteiger partial charge in [0.2, 0.25) is 11.9 Å². The lowest BCUT2D eigenvalue weighted by Gasteiger charge is -2.38. The van der Waals surface area contributed by atoms with Crippen LogP contribution in [0.25, 0.3) is 0 Å². The van der Waals surface area contributed by atoms with Crippen molar-refractivity contribution in [2.24, 2.45) is 5.92 Å². The Hall–Kier alpha value is -2.90. The van der Waals surface area contributed by atoms with Gasteiger partial charge in [-0.05, 0) is 44.7 Å². The van der Waals surface area contributed by atoms with Crippen LogP contribution in [-0.2, 0) is 4.79 Å². The molecule has 2 aliphatic rings. The van der Waals surface area contributed by atoms with Gasteiger partial charge in [-0.2, -0.15) is 0 Å². The number of furan rings is 1. The van der Waals surface area contributed by atoms with Crippen LogP contribution in [0.15, 0.2) is 35.2 Å². The van der Waals surface area contributed by atoms with Crippen molar-refractivity contribution in [2.45, 2.75) is 38.6 Å². The SMILES string of the molecule is Cc1ccoc1C(=O)NC1CCN(C(=O)C2CCCN(c3ncccn3)C2)CC1. The first kappa shape index (κ1) is 19.4. The first-order valence-electron chi connectivity index (χ1n) is 10.3. The molecule has 2 aromatic rings. The van der Waals surface area contributed by atoms with E-state index >= 15 is 0 Å². The van der Waals surface area contributed by atoms with E-state index < -0.39 is 0 Å². The Balaban J connectivity index is 1.28. The lowest BCUT2D eigenvalue weighted by molar-refractivity contribution is -0.136. The van der Waals surface area contributed by atoms with Gasteiger partial charge in [0.15, 0.2) is 5.76 Å². The molecule has 2 aromatic heterocycles. The number of carbonyl (C=O) groups is 2. The number of aryl methyl sites for hydroxylation is 1. The average molecular weight is 397 g/mol. The van der Waals surface area contributed by atoms with Crippen LogP contribution in [0.4, 0.5) is 5.95 Å². The van der Waals surface area contributed by atoms with Gasteiger partial charge in [0.25, 0.3) is 5.91 Å². The number of likely N-dealkylation sites (tertiary alicyclic amines) is 1. The number of carbonyl (C=O) groups excluding carboxylic acids is 2. The lowest BCUT2D eigenvalue weighted by Crippen LogP contribution is -2.50. The Bertz CT molecular complexity index is 845. The second-order valence-corrected chi connectivity index (χ2v) is 7.84. The molecular formula is C21H27N5O3. The molecule has 1 N–H and O–H groups in total. The number of amides is 2. The normalized spacial score (nSPS) is 20.5. The fourth-order valence-corrected chi connectivity index (χ4v) is 4.17. The molecule has 1 atom stereocenters. The molecule has 0 aromatic carbocycles. The molecule has 2 fully saturated rings. The average Bonchev–Trinajstić information content (AvgIpc) is 3.20. The zero-order valence-electron chi connectivity index (χ0n) is 16.7. The molecule has 0 radical (unpaired) electrons. The van der Waals surface area contributed by atoms with Crippen LogP contribution < -0.4 is 10.2 Å². The van der Waals surface area contributed by atoms with Crippen molar-refractivity contribution in [3.05, 3.63) is 42.1 Å². The summed E-state index contributed by atoms with van der Waals surface area (Å²) >= 11 is 0. The summed E-state index contributed by atoms with van der Waals surface area (Å²) in [7, 11) is 0. The van der Waals surface area contributed by atoms with Crippen molar-refractivity contribution in [1.29, 1.82) is 0 Å². The minimum atomic E-state index is -0.178. The Morgan fingerprint density at radius 2 is 1.90 bits per heavy atom. The Morgan fingerprint density at radius 1 is 1.14 bits per heavy atom. The van der Waals surface area contributed by atoms with Crippen LogP contribution in [0.5, 0.6) is 0 Å². The van der Waals surface area contributed by atoms with Crippen LogP contribution in [0.3, 0.4) is 0 Å². The summed E-state index contributed by atoms with van der Waals surface area (Å²) in [4.78, 5) is 38.1. The van der Waals surface area contributed by atoms with Gasteiger partial charge in [0, 0.05) is 50.2 Å². The summed E-state index contributed by atoms with van der Waals surface area (Å²) in [5.41, 5.74) is 0.833. The summed E-state index contributed by atoms with van der Waals surface area (Å²) in [6, 6.07) is 3.65.